The molecule has 5 nitrogen and oxygen atoms in total. The van der Waals surface area contributed by atoms with Gasteiger partial charge in [0.25, 0.3) is 0 Å². The number of aromatic nitrogens is 3. The molecule has 0 atom stereocenters. The van der Waals surface area contributed by atoms with Gasteiger partial charge in [-0.05, 0) is 42.4 Å². The molecule has 1 aromatic heterocycles. The molecular formula is C18H27N4OS+. The summed E-state index contributed by atoms with van der Waals surface area (Å²) in [5, 5.41) is 4.87. The molecule has 24 heavy (non-hydrogen) atoms. The number of rotatable bonds is 6. The summed E-state index contributed by atoms with van der Waals surface area (Å²) < 4.78 is 10.3. The molecule has 0 spiro atoms. The Balaban J connectivity index is 1.97. The first kappa shape index (κ1) is 17.2. The Kier molecular flexibility index (Phi) is 5.36. The van der Waals surface area contributed by atoms with E-state index in [-0.39, 0.29) is 0 Å². The van der Waals surface area contributed by atoms with E-state index in [1.165, 1.54) is 25.9 Å². The molecular weight excluding hydrogens is 320 g/mol. The van der Waals surface area contributed by atoms with E-state index in [9.17, 15) is 0 Å². The highest BCUT2D eigenvalue weighted by molar-refractivity contribution is 7.71. The first-order chi connectivity index (χ1) is 11.6. The number of hydrogen-bond acceptors (Lipinski definition) is 3. The smallest absolute Gasteiger partial charge is 0.203 e. The standard InChI is InChI=1S/C18H26N4OS/c1-14(2)12-21-17(15-6-8-16(23-3)9-7-15)19-22(18(21)24)13-20-10-4-5-11-20/h6-9,14H,4-5,10-13H2,1-3H3/p+1. The third-order valence-electron chi connectivity index (χ3n) is 4.50. The zero-order valence-electron chi connectivity index (χ0n) is 14.8. The Morgan fingerprint density at radius 3 is 2.46 bits per heavy atom. The van der Waals surface area contributed by atoms with E-state index in [2.05, 4.69) is 30.5 Å². The third kappa shape index (κ3) is 3.70. The van der Waals surface area contributed by atoms with E-state index in [0.717, 1.165) is 35.1 Å². The third-order valence-corrected chi connectivity index (χ3v) is 4.93. The summed E-state index contributed by atoms with van der Waals surface area (Å²) in [6, 6.07) is 8.06. The maximum absolute atomic E-state index is 5.74. The SMILES string of the molecule is COc1ccc(-c2nn(C[NH+]3CCCC3)c(=S)n2CC(C)C)cc1. The maximum atomic E-state index is 5.74. The largest absolute Gasteiger partial charge is 0.497 e. The van der Waals surface area contributed by atoms with Crippen LogP contribution in [0.15, 0.2) is 24.3 Å². The van der Waals surface area contributed by atoms with Crippen molar-refractivity contribution in [3.8, 4) is 17.1 Å². The number of nitrogens with zero attached hydrogens (tertiary/aromatic N) is 3. The molecule has 1 aromatic carbocycles. The van der Waals surface area contributed by atoms with Crippen molar-refractivity contribution in [2.24, 2.45) is 5.92 Å². The van der Waals surface area contributed by atoms with Gasteiger partial charge in [0.05, 0.1) is 20.2 Å². The van der Waals surface area contributed by atoms with Gasteiger partial charge in [-0.15, -0.1) is 5.10 Å². The van der Waals surface area contributed by atoms with Crippen LogP contribution in [-0.2, 0) is 13.2 Å². The van der Waals surface area contributed by atoms with Crippen molar-refractivity contribution >= 4 is 12.2 Å². The number of ether oxygens (including phenoxy) is 1. The van der Waals surface area contributed by atoms with Crippen LogP contribution in [0.25, 0.3) is 11.4 Å². The Labute approximate surface area is 148 Å². The summed E-state index contributed by atoms with van der Waals surface area (Å²) in [7, 11) is 1.68. The summed E-state index contributed by atoms with van der Waals surface area (Å²) in [5.41, 5.74) is 1.08. The summed E-state index contributed by atoms with van der Waals surface area (Å²) in [6.07, 6.45) is 2.61. The summed E-state index contributed by atoms with van der Waals surface area (Å²) in [4.78, 5) is 1.57. The van der Waals surface area contributed by atoms with Gasteiger partial charge in [-0.3, -0.25) is 4.57 Å². The zero-order valence-corrected chi connectivity index (χ0v) is 15.6. The molecule has 1 fully saturated rings. The second kappa shape index (κ2) is 7.49. The molecule has 2 heterocycles. The van der Waals surface area contributed by atoms with Crippen molar-refractivity contribution in [2.45, 2.75) is 39.9 Å². The first-order valence-corrected chi connectivity index (χ1v) is 9.15. The Hall–Kier alpha value is -1.66. The van der Waals surface area contributed by atoms with Gasteiger partial charge in [0.2, 0.25) is 4.77 Å². The Bertz CT molecular complexity index is 726. The molecule has 1 aliphatic heterocycles. The zero-order chi connectivity index (χ0) is 17.1. The number of nitrogens with one attached hydrogen (secondary N) is 1. The molecule has 2 aromatic rings. The molecule has 1 aliphatic rings. The van der Waals surface area contributed by atoms with Crippen LogP contribution in [0.1, 0.15) is 26.7 Å². The lowest BCUT2D eigenvalue weighted by Gasteiger charge is -2.11. The number of likely N-dealkylation sites (tertiary alicyclic amines) is 1. The van der Waals surface area contributed by atoms with Crippen LogP contribution >= 0.6 is 12.2 Å². The molecule has 0 radical (unpaired) electrons. The number of hydrogen-bond donors (Lipinski definition) is 1. The number of methoxy groups -OCH3 is 1. The average Bonchev–Trinajstić information content (AvgIpc) is 3.18. The molecule has 0 bridgehead atoms. The van der Waals surface area contributed by atoms with E-state index in [1.54, 1.807) is 12.0 Å². The van der Waals surface area contributed by atoms with Gasteiger partial charge in [0.1, 0.15) is 5.75 Å². The van der Waals surface area contributed by atoms with E-state index in [0.29, 0.717) is 5.92 Å². The highest BCUT2D eigenvalue weighted by Gasteiger charge is 2.20. The van der Waals surface area contributed by atoms with E-state index >= 15 is 0 Å². The molecule has 6 heteroatoms. The Morgan fingerprint density at radius 1 is 1.21 bits per heavy atom. The molecule has 0 unspecified atom stereocenters. The molecule has 130 valence electrons. The quantitative estimate of drug-likeness (QED) is 0.815. The van der Waals surface area contributed by atoms with Gasteiger partial charge >= 0.3 is 0 Å². The lowest BCUT2D eigenvalue weighted by atomic mass is 10.2. The molecule has 0 saturated carbocycles. The minimum Gasteiger partial charge on any atom is -0.497 e. The van der Waals surface area contributed by atoms with Crippen molar-refractivity contribution in [1.82, 2.24) is 14.3 Å². The summed E-state index contributed by atoms with van der Waals surface area (Å²) >= 11 is 5.74. The number of quaternary nitrogens is 1. The van der Waals surface area contributed by atoms with Gasteiger partial charge in [-0.2, -0.15) is 4.68 Å². The highest BCUT2D eigenvalue weighted by atomic mass is 32.1. The van der Waals surface area contributed by atoms with Crippen molar-refractivity contribution in [3.63, 3.8) is 0 Å². The molecule has 0 aliphatic carbocycles. The van der Waals surface area contributed by atoms with Crippen LogP contribution in [-0.4, -0.2) is 34.5 Å². The van der Waals surface area contributed by atoms with Crippen LogP contribution < -0.4 is 9.64 Å². The lowest BCUT2D eigenvalue weighted by Crippen LogP contribution is -3.09. The summed E-state index contributed by atoms with van der Waals surface area (Å²) in [6.45, 7) is 8.61. The normalized spacial score (nSPS) is 15.3. The maximum Gasteiger partial charge on any atom is 0.203 e. The van der Waals surface area contributed by atoms with Crippen molar-refractivity contribution in [2.75, 3.05) is 20.2 Å². The number of benzene rings is 1. The van der Waals surface area contributed by atoms with Crippen molar-refractivity contribution < 1.29 is 9.64 Å². The topological polar surface area (TPSA) is 36.4 Å². The summed E-state index contributed by atoms with van der Waals surface area (Å²) in [5.74, 6) is 2.33. The van der Waals surface area contributed by atoms with Crippen LogP contribution in [0.3, 0.4) is 0 Å². The minimum absolute atomic E-state index is 0.519. The van der Waals surface area contributed by atoms with Crippen LogP contribution in [0, 0.1) is 10.7 Å². The van der Waals surface area contributed by atoms with Gasteiger partial charge in [-0.25, -0.2) is 0 Å². The van der Waals surface area contributed by atoms with Crippen molar-refractivity contribution in [3.05, 3.63) is 29.0 Å². The predicted molar refractivity (Wildman–Crippen MR) is 97.8 cm³/mol. The fourth-order valence-corrected chi connectivity index (χ4v) is 3.54. The van der Waals surface area contributed by atoms with E-state index < -0.39 is 0 Å². The van der Waals surface area contributed by atoms with Gasteiger partial charge in [0, 0.05) is 24.9 Å². The van der Waals surface area contributed by atoms with Gasteiger partial charge in [0.15, 0.2) is 12.5 Å². The van der Waals surface area contributed by atoms with Crippen molar-refractivity contribution in [1.29, 1.82) is 0 Å². The second-order valence-corrected chi connectivity index (χ2v) is 7.32. The predicted octanol–water partition coefficient (Wildman–Crippen LogP) is 2.38. The first-order valence-electron chi connectivity index (χ1n) is 8.74. The molecule has 3 rings (SSSR count). The van der Waals surface area contributed by atoms with E-state index in [1.807, 2.05) is 16.8 Å². The Morgan fingerprint density at radius 2 is 1.88 bits per heavy atom. The second-order valence-electron chi connectivity index (χ2n) is 6.95. The monoisotopic (exact) mass is 347 g/mol. The molecule has 1 saturated heterocycles. The van der Waals surface area contributed by atoms with Crippen LogP contribution in [0.4, 0.5) is 0 Å². The van der Waals surface area contributed by atoms with E-state index in [4.69, 9.17) is 22.1 Å². The molecule has 1 N–H and O–H groups in total. The van der Waals surface area contributed by atoms with Crippen LogP contribution in [0.2, 0.25) is 0 Å². The van der Waals surface area contributed by atoms with Gasteiger partial charge in [-0.1, -0.05) is 13.8 Å². The van der Waals surface area contributed by atoms with Gasteiger partial charge < -0.3 is 9.64 Å². The highest BCUT2D eigenvalue weighted by Crippen LogP contribution is 2.22. The van der Waals surface area contributed by atoms with Crippen LogP contribution in [0.5, 0.6) is 5.75 Å². The average molecular weight is 348 g/mol. The fourth-order valence-electron chi connectivity index (χ4n) is 3.27. The lowest BCUT2D eigenvalue weighted by molar-refractivity contribution is -0.911. The fraction of sp³-hybridized carbons (Fsp3) is 0.556. The minimum atomic E-state index is 0.519. The molecule has 0 amide bonds.